The molecule has 0 bridgehead atoms. The molecule has 9 heavy (non-hydrogen) atoms. The quantitative estimate of drug-likeness (QED) is 0.302. The molecular formula is C4H10N2O2S. The second kappa shape index (κ2) is 4.60. The fourth-order valence-corrected chi connectivity index (χ4v) is 0.657. The van der Waals surface area contributed by atoms with Crippen LogP contribution in [0.4, 0.5) is 0 Å². The largest absolute Gasteiger partial charge is 0.480 e. The van der Waals surface area contributed by atoms with Crippen molar-refractivity contribution in [3.8, 4) is 0 Å². The van der Waals surface area contributed by atoms with Crippen molar-refractivity contribution in [3.05, 3.63) is 0 Å². The highest BCUT2D eigenvalue weighted by atomic mass is 32.1. The van der Waals surface area contributed by atoms with Gasteiger partial charge in [-0.05, 0) is 0 Å². The summed E-state index contributed by atoms with van der Waals surface area (Å²) in [5.41, 5.74) is 5.03. The maximum Gasteiger partial charge on any atom is 0.321 e. The molecule has 0 amide bonds. The standard InChI is InChI=1S/C4H10N2O2S/c5-2-6-3(1-9)4(7)8/h3,6,9H,1-2,5H2,(H,7,8)/t3-/m0/s1. The van der Waals surface area contributed by atoms with Crippen LogP contribution in [0, 0.1) is 0 Å². The van der Waals surface area contributed by atoms with Gasteiger partial charge < -0.3 is 10.8 Å². The second-order valence-corrected chi connectivity index (χ2v) is 1.85. The first-order valence-corrected chi connectivity index (χ1v) is 3.12. The number of rotatable bonds is 4. The number of aliphatic carboxylic acids is 1. The summed E-state index contributed by atoms with van der Waals surface area (Å²) in [6.45, 7) is 0.164. The lowest BCUT2D eigenvalue weighted by Gasteiger charge is -2.07. The predicted molar refractivity (Wildman–Crippen MR) is 37.5 cm³/mol. The van der Waals surface area contributed by atoms with Gasteiger partial charge in [0.05, 0.1) is 0 Å². The molecule has 1 atom stereocenters. The molecule has 0 aromatic carbocycles. The number of carbonyl (C=O) groups is 1. The topological polar surface area (TPSA) is 75.3 Å². The molecule has 4 nitrogen and oxygen atoms in total. The van der Waals surface area contributed by atoms with Gasteiger partial charge in [-0.1, -0.05) is 0 Å². The van der Waals surface area contributed by atoms with Crippen molar-refractivity contribution in [2.24, 2.45) is 5.73 Å². The van der Waals surface area contributed by atoms with Gasteiger partial charge in [0.15, 0.2) is 0 Å². The number of nitrogens with two attached hydrogens (primary N) is 1. The van der Waals surface area contributed by atoms with E-state index in [1.165, 1.54) is 0 Å². The van der Waals surface area contributed by atoms with Crippen LogP contribution in [0.3, 0.4) is 0 Å². The van der Waals surface area contributed by atoms with Crippen LogP contribution >= 0.6 is 12.6 Å². The first-order chi connectivity index (χ1) is 4.22. The molecule has 4 N–H and O–H groups in total. The monoisotopic (exact) mass is 150 g/mol. The van der Waals surface area contributed by atoms with E-state index in [0.717, 1.165) is 0 Å². The van der Waals surface area contributed by atoms with Crippen molar-refractivity contribution < 1.29 is 9.90 Å². The molecule has 0 heterocycles. The average molecular weight is 150 g/mol. The molecule has 0 fully saturated rings. The molecule has 0 radical (unpaired) electrons. The molecule has 0 aromatic heterocycles. The third kappa shape index (κ3) is 3.34. The van der Waals surface area contributed by atoms with Crippen LogP contribution in [-0.2, 0) is 4.79 Å². The summed E-state index contributed by atoms with van der Waals surface area (Å²) in [5.74, 6) is -0.664. The molecular weight excluding hydrogens is 140 g/mol. The number of carboxylic acids is 1. The summed E-state index contributed by atoms with van der Waals surface area (Å²) in [6.07, 6.45) is 0. The van der Waals surface area contributed by atoms with E-state index in [2.05, 4.69) is 17.9 Å². The van der Waals surface area contributed by atoms with Crippen molar-refractivity contribution in [2.45, 2.75) is 6.04 Å². The van der Waals surface area contributed by atoms with Crippen LogP contribution in [0.15, 0.2) is 0 Å². The zero-order valence-electron chi connectivity index (χ0n) is 4.87. The predicted octanol–water partition coefficient (Wildman–Crippen LogP) is -1.12. The van der Waals surface area contributed by atoms with Crippen molar-refractivity contribution in [1.29, 1.82) is 0 Å². The van der Waals surface area contributed by atoms with Crippen LogP contribution in [0.1, 0.15) is 0 Å². The maximum absolute atomic E-state index is 10.2. The molecule has 0 aliphatic heterocycles. The van der Waals surface area contributed by atoms with Crippen molar-refractivity contribution in [3.63, 3.8) is 0 Å². The molecule has 54 valence electrons. The van der Waals surface area contributed by atoms with Crippen LogP contribution in [0.25, 0.3) is 0 Å². The van der Waals surface area contributed by atoms with Crippen molar-refractivity contribution in [2.75, 3.05) is 12.4 Å². The lowest BCUT2D eigenvalue weighted by Crippen LogP contribution is -2.41. The molecule has 0 aromatic rings. The second-order valence-electron chi connectivity index (χ2n) is 1.48. The number of carboxylic acid groups (broad SMARTS) is 1. The number of hydrogen-bond donors (Lipinski definition) is 4. The van der Waals surface area contributed by atoms with Crippen LogP contribution < -0.4 is 11.1 Å². The fourth-order valence-electron chi connectivity index (χ4n) is 0.372. The van der Waals surface area contributed by atoms with Crippen LogP contribution in [0.5, 0.6) is 0 Å². The Morgan fingerprint density at radius 2 is 2.44 bits per heavy atom. The van der Waals surface area contributed by atoms with E-state index in [-0.39, 0.29) is 12.4 Å². The lowest BCUT2D eigenvalue weighted by atomic mass is 10.3. The Labute approximate surface area is 58.8 Å². The number of nitrogens with one attached hydrogen (secondary N) is 1. The average Bonchev–Trinajstić information content (AvgIpc) is 1.82. The smallest absolute Gasteiger partial charge is 0.321 e. The molecule has 0 aliphatic rings. The zero-order valence-corrected chi connectivity index (χ0v) is 5.77. The molecule has 0 unspecified atom stereocenters. The number of thiol groups is 1. The highest BCUT2D eigenvalue weighted by Crippen LogP contribution is 1.85. The Hall–Kier alpha value is -0.260. The van der Waals surface area contributed by atoms with Gasteiger partial charge in [-0.3, -0.25) is 10.1 Å². The number of hydrogen-bond acceptors (Lipinski definition) is 4. The summed E-state index contributed by atoms with van der Waals surface area (Å²) >= 11 is 3.79. The SMILES string of the molecule is NCN[C@@H](CS)C(=O)O. The Morgan fingerprint density at radius 3 is 2.56 bits per heavy atom. The van der Waals surface area contributed by atoms with E-state index in [4.69, 9.17) is 10.8 Å². The van der Waals surface area contributed by atoms with E-state index in [9.17, 15) is 4.79 Å². The summed E-state index contributed by atoms with van der Waals surface area (Å²) < 4.78 is 0. The van der Waals surface area contributed by atoms with Gasteiger partial charge in [0.1, 0.15) is 6.04 Å². The van der Waals surface area contributed by atoms with E-state index in [1.807, 2.05) is 0 Å². The third-order valence-corrected chi connectivity index (χ3v) is 1.21. The van der Waals surface area contributed by atoms with Gasteiger partial charge in [0.2, 0.25) is 0 Å². The van der Waals surface area contributed by atoms with Gasteiger partial charge in [0.25, 0.3) is 0 Å². The Kier molecular flexibility index (Phi) is 4.47. The van der Waals surface area contributed by atoms with Gasteiger partial charge in [-0.25, -0.2) is 0 Å². The summed E-state index contributed by atoms with van der Waals surface area (Å²) in [5, 5.41) is 10.9. The van der Waals surface area contributed by atoms with E-state index >= 15 is 0 Å². The molecule has 0 rings (SSSR count). The molecule has 0 saturated carbocycles. The summed E-state index contributed by atoms with van der Waals surface area (Å²) in [4.78, 5) is 10.2. The minimum Gasteiger partial charge on any atom is -0.480 e. The Balaban J connectivity index is 3.54. The third-order valence-electron chi connectivity index (χ3n) is 0.845. The fraction of sp³-hybridized carbons (Fsp3) is 0.750. The van der Waals surface area contributed by atoms with E-state index in [1.54, 1.807) is 0 Å². The van der Waals surface area contributed by atoms with Crippen molar-refractivity contribution >= 4 is 18.6 Å². The molecule has 5 heteroatoms. The van der Waals surface area contributed by atoms with Gasteiger partial charge >= 0.3 is 5.97 Å². The maximum atomic E-state index is 10.2. The Morgan fingerprint density at radius 1 is 1.89 bits per heavy atom. The molecule has 0 saturated heterocycles. The molecule has 0 spiro atoms. The normalized spacial score (nSPS) is 13.1. The van der Waals surface area contributed by atoms with Gasteiger partial charge in [-0.15, -0.1) is 0 Å². The van der Waals surface area contributed by atoms with E-state index < -0.39 is 12.0 Å². The minimum atomic E-state index is -0.921. The van der Waals surface area contributed by atoms with Gasteiger partial charge in [-0.2, -0.15) is 12.6 Å². The molecule has 0 aliphatic carbocycles. The minimum absolute atomic E-state index is 0.164. The highest BCUT2D eigenvalue weighted by molar-refractivity contribution is 7.80. The van der Waals surface area contributed by atoms with E-state index in [0.29, 0.717) is 0 Å². The van der Waals surface area contributed by atoms with Crippen LogP contribution in [0.2, 0.25) is 0 Å². The highest BCUT2D eigenvalue weighted by Gasteiger charge is 2.12. The summed E-state index contributed by atoms with van der Waals surface area (Å²) in [6, 6.07) is -0.627. The lowest BCUT2D eigenvalue weighted by molar-refractivity contribution is -0.138. The van der Waals surface area contributed by atoms with Gasteiger partial charge in [0, 0.05) is 12.4 Å². The zero-order chi connectivity index (χ0) is 7.28. The first kappa shape index (κ1) is 8.74. The Bertz CT molecular complexity index is 98.6. The van der Waals surface area contributed by atoms with Crippen LogP contribution in [-0.4, -0.2) is 29.5 Å². The van der Waals surface area contributed by atoms with Crippen molar-refractivity contribution in [1.82, 2.24) is 5.32 Å². The summed E-state index contributed by atoms with van der Waals surface area (Å²) in [7, 11) is 0. The first-order valence-electron chi connectivity index (χ1n) is 2.49.